The molecule has 3 N–H and O–H groups in total. The fraction of sp³-hybridized carbons (Fsp3) is 0.533. The van der Waals surface area contributed by atoms with Crippen LogP contribution in [0.5, 0.6) is 0 Å². The van der Waals surface area contributed by atoms with Gasteiger partial charge in [0.1, 0.15) is 5.65 Å². The molecular weight excluding hydrogens is 236 g/mol. The zero-order chi connectivity index (χ0) is 13.1. The van der Waals surface area contributed by atoms with E-state index in [9.17, 15) is 0 Å². The van der Waals surface area contributed by atoms with E-state index in [4.69, 9.17) is 5.73 Å². The highest BCUT2D eigenvalue weighted by atomic mass is 15.1. The maximum Gasteiger partial charge on any atom is 0.137 e. The van der Waals surface area contributed by atoms with Crippen molar-refractivity contribution in [1.82, 2.24) is 14.9 Å². The highest BCUT2D eigenvalue weighted by molar-refractivity contribution is 5.79. The molecule has 1 unspecified atom stereocenters. The van der Waals surface area contributed by atoms with Gasteiger partial charge in [0.15, 0.2) is 0 Å². The predicted molar refractivity (Wildman–Crippen MR) is 77.8 cm³/mol. The van der Waals surface area contributed by atoms with Crippen molar-refractivity contribution in [3.8, 4) is 0 Å². The summed E-state index contributed by atoms with van der Waals surface area (Å²) in [6.07, 6.45) is 7.73. The van der Waals surface area contributed by atoms with Crippen molar-refractivity contribution in [3.63, 3.8) is 0 Å². The topological polar surface area (TPSA) is 57.9 Å². The molecule has 4 nitrogen and oxygen atoms in total. The van der Waals surface area contributed by atoms with Crippen molar-refractivity contribution in [3.05, 3.63) is 30.1 Å². The maximum absolute atomic E-state index is 5.68. The lowest BCUT2D eigenvalue weighted by atomic mass is 9.94. The number of nitrogens with zero attached hydrogens (tertiary/aromatic N) is 2. The van der Waals surface area contributed by atoms with Crippen LogP contribution in [0, 0.1) is 5.92 Å². The largest absolute Gasteiger partial charge is 0.346 e. The Morgan fingerprint density at radius 1 is 1.47 bits per heavy atom. The second-order valence-electron chi connectivity index (χ2n) is 5.53. The molecule has 4 heteroatoms. The lowest BCUT2D eigenvalue weighted by Crippen LogP contribution is -2.35. The zero-order valence-corrected chi connectivity index (χ0v) is 11.3. The number of piperidine rings is 1. The van der Waals surface area contributed by atoms with Crippen LogP contribution in [0.15, 0.2) is 24.5 Å². The minimum atomic E-state index is 0.780. The Kier molecular flexibility index (Phi) is 3.80. The van der Waals surface area contributed by atoms with Crippen LogP contribution >= 0.6 is 0 Å². The number of nitrogens with one attached hydrogen (secondary N) is 1. The molecule has 2 aromatic heterocycles. The summed E-state index contributed by atoms with van der Waals surface area (Å²) in [5, 5.41) is 1.25. The Morgan fingerprint density at radius 3 is 3.32 bits per heavy atom. The fourth-order valence-corrected chi connectivity index (χ4v) is 3.15. The number of likely N-dealkylation sites (tertiary alicyclic amines) is 1. The van der Waals surface area contributed by atoms with Gasteiger partial charge in [-0.05, 0) is 56.0 Å². The number of hydrogen-bond donors (Lipinski definition) is 2. The van der Waals surface area contributed by atoms with Crippen molar-refractivity contribution in [1.29, 1.82) is 0 Å². The molecule has 3 heterocycles. The molecule has 0 amide bonds. The molecule has 3 rings (SSSR count). The van der Waals surface area contributed by atoms with Gasteiger partial charge in [-0.3, -0.25) is 4.90 Å². The first-order valence-corrected chi connectivity index (χ1v) is 7.20. The van der Waals surface area contributed by atoms with Crippen molar-refractivity contribution in [2.24, 2.45) is 11.7 Å². The number of fused-ring (bicyclic) bond motifs is 1. The number of aromatic amines is 1. The predicted octanol–water partition coefficient (Wildman–Crippen LogP) is 2.12. The fourth-order valence-electron chi connectivity index (χ4n) is 3.15. The van der Waals surface area contributed by atoms with E-state index >= 15 is 0 Å². The van der Waals surface area contributed by atoms with E-state index in [0.29, 0.717) is 0 Å². The lowest BCUT2D eigenvalue weighted by Gasteiger charge is -2.32. The van der Waals surface area contributed by atoms with Gasteiger partial charge in [0.05, 0.1) is 0 Å². The molecule has 0 radical (unpaired) electrons. The third kappa shape index (κ3) is 2.80. The number of pyridine rings is 1. The van der Waals surface area contributed by atoms with Crippen LogP contribution in [0.25, 0.3) is 11.0 Å². The number of rotatable bonds is 4. The first kappa shape index (κ1) is 12.6. The van der Waals surface area contributed by atoms with Crippen LogP contribution in [0.3, 0.4) is 0 Å². The van der Waals surface area contributed by atoms with Crippen LogP contribution in [-0.2, 0) is 6.54 Å². The van der Waals surface area contributed by atoms with Gasteiger partial charge in [-0.25, -0.2) is 4.98 Å². The number of nitrogens with two attached hydrogens (primary N) is 1. The summed E-state index contributed by atoms with van der Waals surface area (Å²) in [6.45, 7) is 4.22. The molecule has 1 saturated heterocycles. The van der Waals surface area contributed by atoms with E-state index < -0.39 is 0 Å². The van der Waals surface area contributed by atoms with E-state index in [1.165, 1.54) is 36.9 Å². The van der Waals surface area contributed by atoms with Crippen LogP contribution in [0.2, 0.25) is 0 Å². The molecular formula is C15H22N4. The second-order valence-corrected chi connectivity index (χ2v) is 5.53. The molecule has 0 aromatic carbocycles. The van der Waals surface area contributed by atoms with Crippen molar-refractivity contribution >= 4 is 11.0 Å². The average molecular weight is 258 g/mol. The standard InChI is InChI=1S/C15H22N4/c16-6-5-12-3-2-8-19(10-12)11-13-9-18-15-14(13)4-1-7-17-15/h1,4,7,9,12H,2-3,5-6,8,10-11,16H2,(H,17,18). The SMILES string of the molecule is NCCC1CCCN(Cc2c[nH]c3ncccc23)C1. The van der Waals surface area contributed by atoms with Gasteiger partial charge >= 0.3 is 0 Å². The molecule has 102 valence electrons. The minimum absolute atomic E-state index is 0.780. The Balaban J connectivity index is 1.70. The molecule has 0 bridgehead atoms. The molecule has 19 heavy (non-hydrogen) atoms. The van der Waals surface area contributed by atoms with Crippen LogP contribution < -0.4 is 5.73 Å². The van der Waals surface area contributed by atoms with Crippen LogP contribution in [0.1, 0.15) is 24.8 Å². The Hall–Kier alpha value is -1.39. The highest BCUT2D eigenvalue weighted by Gasteiger charge is 2.20. The van der Waals surface area contributed by atoms with E-state index in [0.717, 1.165) is 31.1 Å². The molecule has 1 aliphatic rings. The first-order chi connectivity index (χ1) is 9.36. The van der Waals surface area contributed by atoms with E-state index in [1.54, 1.807) is 0 Å². The van der Waals surface area contributed by atoms with Gasteiger partial charge in [0.2, 0.25) is 0 Å². The summed E-state index contributed by atoms with van der Waals surface area (Å²) in [5.41, 5.74) is 8.03. The Bertz CT molecular complexity index is 532. The minimum Gasteiger partial charge on any atom is -0.346 e. The Labute approximate surface area is 114 Å². The van der Waals surface area contributed by atoms with Gasteiger partial charge in [-0.15, -0.1) is 0 Å². The number of aromatic nitrogens is 2. The van der Waals surface area contributed by atoms with Gasteiger partial charge in [-0.2, -0.15) is 0 Å². The summed E-state index contributed by atoms with van der Waals surface area (Å²) in [4.78, 5) is 10.2. The monoisotopic (exact) mass is 258 g/mol. The Morgan fingerprint density at radius 2 is 2.42 bits per heavy atom. The van der Waals surface area contributed by atoms with E-state index in [1.807, 2.05) is 12.3 Å². The zero-order valence-electron chi connectivity index (χ0n) is 11.3. The smallest absolute Gasteiger partial charge is 0.137 e. The molecule has 0 saturated carbocycles. The van der Waals surface area contributed by atoms with Gasteiger partial charge in [0, 0.05) is 30.9 Å². The number of H-pyrrole nitrogens is 1. The second kappa shape index (κ2) is 5.72. The third-order valence-electron chi connectivity index (χ3n) is 4.11. The molecule has 0 spiro atoms. The summed E-state index contributed by atoms with van der Waals surface area (Å²) in [7, 11) is 0. The maximum atomic E-state index is 5.68. The quantitative estimate of drug-likeness (QED) is 0.883. The molecule has 1 fully saturated rings. The number of hydrogen-bond acceptors (Lipinski definition) is 3. The highest BCUT2D eigenvalue weighted by Crippen LogP contribution is 2.23. The summed E-state index contributed by atoms with van der Waals surface area (Å²) < 4.78 is 0. The summed E-state index contributed by atoms with van der Waals surface area (Å²) >= 11 is 0. The van der Waals surface area contributed by atoms with Crippen LogP contribution in [0.4, 0.5) is 0 Å². The van der Waals surface area contributed by atoms with Gasteiger partial charge in [-0.1, -0.05) is 0 Å². The normalized spacial score (nSPS) is 21.0. The molecule has 1 aliphatic heterocycles. The first-order valence-electron chi connectivity index (χ1n) is 7.20. The van der Waals surface area contributed by atoms with Gasteiger partial charge < -0.3 is 10.7 Å². The molecule has 1 atom stereocenters. The molecule has 2 aromatic rings. The van der Waals surface area contributed by atoms with Crippen molar-refractivity contribution in [2.75, 3.05) is 19.6 Å². The average Bonchev–Trinajstić information content (AvgIpc) is 2.83. The lowest BCUT2D eigenvalue weighted by molar-refractivity contribution is 0.163. The third-order valence-corrected chi connectivity index (χ3v) is 4.11. The van der Waals surface area contributed by atoms with Gasteiger partial charge in [0.25, 0.3) is 0 Å². The van der Waals surface area contributed by atoms with Crippen LogP contribution in [-0.4, -0.2) is 34.5 Å². The summed E-state index contributed by atoms with van der Waals surface area (Å²) in [6, 6.07) is 4.16. The van der Waals surface area contributed by atoms with Crippen molar-refractivity contribution < 1.29 is 0 Å². The van der Waals surface area contributed by atoms with E-state index in [-0.39, 0.29) is 0 Å². The molecule has 0 aliphatic carbocycles. The summed E-state index contributed by atoms with van der Waals surface area (Å²) in [5.74, 6) is 0.780. The van der Waals surface area contributed by atoms with E-state index in [2.05, 4.69) is 27.1 Å². The van der Waals surface area contributed by atoms with Crippen molar-refractivity contribution in [2.45, 2.75) is 25.8 Å².